The highest BCUT2D eigenvalue weighted by molar-refractivity contribution is 4.96. The first-order valence-corrected chi connectivity index (χ1v) is 6.67. The van der Waals surface area contributed by atoms with Crippen LogP contribution < -0.4 is 5.73 Å². The molecule has 2 heterocycles. The minimum atomic E-state index is -0.179. The van der Waals surface area contributed by atoms with Crippen molar-refractivity contribution < 1.29 is 9.26 Å². The summed E-state index contributed by atoms with van der Waals surface area (Å²) in [7, 11) is 0. The number of nitrogens with two attached hydrogens (primary N) is 1. The second kappa shape index (κ2) is 6.26. The molecule has 2 unspecified atom stereocenters. The number of morpholine rings is 1. The van der Waals surface area contributed by atoms with E-state index >= 15 is 0 Å². The van der Waals surface area contributed by atoms with Crippen LogP contribution in [0.2, 0.25) is 0 Å². The first-order valence-electron chi connectivity index (χ1n) is 6.67. The molecule has 0 radical (unpaired) electrons. The van der Waals surface area contributed by atoms with Crippen molar-refractivity contribution in [3.05, 3.63) is 11.7 Å². The summed E-state index contributed by atoms with van der Waals surface area (Å²) in [5, 5.41) is 3.99. The SMILES string of the molecule is CCCN1CCOC(c2noc(C(N)CC)n2)C1. The monoisotopic (exact) mass is 254 g/mol. The van der Waals surface area contributed by atoms with Gasteiger partial charge in [0.1, 0.15) is 6.10 Å². The van der Waals surface area contributed by atoms with Crippen molar-refractivity contribution in [3.63, 3.8) is 0 Å². The molecule has 0 amide bonds. The summed E-state index contributed by atoms with van der Waals surface area (Å²) >= 11 is 0. The van der Waals surface area contributed by atoms with Crippen LogP contribution >= 0.6 is 0 Å². The van der Waals surface area contributed by atoms with Crippen molar-refractivity contribution in [2.45, 2.75) is 38.8 Å². The van der Waals surface area contributed by atoms with Gasteiger partial charge in [0.2, 0.25) is 11.7 Å². The smallest absolute Gasteiger partial charge is 0.243 e. The molecule has 18 heavy (non-hydrogen) atoms. The Balaban J connectivity index is 2.00. The van der Waals surface area contributed by atoms with E-state index in [1.165, 1.54) is 0 Å². The summed E-state index contributed by atoms with van der Waals surface area (Å²) in [6.07, 6.45) is 1.84. The van der Waals surface area contributed by atoms with E-state index in [9.17, 15) is 0 Å². The van der Waals surface area contributed by atoms with Gasteiger partial charge >= 0.3 is 0 Å². The van der Waals surface area contributed by atoms with Crippen molar-refractivity contribution in [3.8, 4) is 0 Å². The molecule has 2 N–H and O–H groups in total. The van der Waals surface area contributed by atoms with Crippen LogP contribution in [0.15, 0.2) is 4.52 Å². The number of nitrogens with zero attached hydrogens (tertiary/aromatic N) is 3. The van der Waals surface area contributed by atoms with Crippen LogP contribution in [0.1, 0.15) is 50.6 Å². The van der Waals surface area contributed by atoms with Gasteiger partial charge in [-0.15, -0.1) is 0 Å². The molecule has 0 aromatic carbocycles. The molecule has 0 saturated carbocycles. The molecule has 1 aromatic heterocycles. The third-order valence-electron chi connectivity index (χ3n) is 3.19. The molecule has 1 aromatic rings. The Morgan fingerprint density at radius 2 is 2.33 bits per heavy atom. The molecule has 1 aliphatic heterocycles. The third kappa shape index (κ3) is 3.07. The zero-order valence-corrected chi connectivity index (χ0v) is 11.1. The minimum absolute atomic E-state index is 0.0909. The Morgan fingerprint density at radius 1 is 1.50 bits per heavy atom. The molecule has 102 valence electrons. The van der Waals surface area contributed by atoms with Gasteiger partial charge in [0.05, 0.1) is 12.6 Å². The molecular formula is C12H22N4O2. The predicted octanol–water partition coefficient (Wildman–Crippen LogP) is 1.26. The van der Waals surface area contributed by atoms with E-state index in [0.717, 1.165) is 32.5 Å². The van der Waals surface area contributed by atoms with Crippen molar-refractivity contribution in [2.24, 2.45) is 5.73 Å². The fourth-order valence-corrected chi connectivity index (χ4v) is 2.08. The molecule has 6 nitrogen and oxygen atoms in total. The first kappa shape index (κ1) is 13.5. The normalized spacial score (nSPS) is 23.2. The molecule has 0 bridgehead atoms. The number of ether oxygens (including phenoxy) is 1. The fraction of sp³-hybridized carbons (Fsp3) is 0.833. The van der Waals surface area contributed by atoms with Crippen LogP contribution in [0.25, 0.3) is 0 Å². The Kier molecular flexibility index (Phi) is 4.68. The lowest BCUT2D eigenvalue weighted by molar-refractivity contribution is -0.0350. The third-order valence-corrected chi connectivity index (χ3v) is 3.19. The van der Waals surface area contributed by atoms with Crippen LogP contribution in [0.5, 0.6) is 0 Å². The maximum atomic E-state index is 5.86. The molecule has 0 aliphatic carbocycles. The largest absolute Gasteiger partial charge is 0.367 e. The predicted molar refractivity (Wildman–Crippen MR) is 66.9 cm³/mol. The molecule has 2 rings (SSSR count). The fourth-order valence-electron chi connectivity index (χ4n) is 2.08. The summed E-state index contributed by atoms with van der Waals surface area (Å²) in [6, 6.07) is -0.179. The molecular weight excluding hydrogens is 232 g/mol. The van der Waals surface area contributed by atoms with E-state index in [4.69, 9.17) is 15.0 Å². The van der Waals surface area contributed by atoms with Gasteiger partial charge < -0.3 is 15.0 Å². The molecule has 1 fully saturated rings. The summed E-state index contributed by atoms with van der Waals surface area (Å²) < 4.78 is 10.9. The van der Waals surface area contributed by atoms with Gasteiger partial charge in [-0.2, -0.15) is 4.98 Å². The average molecular weight is 254 g/mol. The van der Waals surface area contributed by atoms with E-state index in [-0.39, 0.29) is 12.1 Å². The minimum Gasteiger partial charge on any atom is -0.367 e. The molecule has 1 aliphatic rings. The van der Waals surface area contributed by atoms with E-state index < -0.39 is 0 Å². The Labute approximate surface area is 107 Å². The van der Waals surface area contributed by atoms with Gasteiger partial charge in [0.25, 0.3) is 0 Å². The Hall–Kier alpha value is -0.980. The summed E-state index contributed by atoms with van der Waals surface area (Å²) in [4.78, 5) is 6.71. The molecule has 6 heteroatoms. The highest BCUT2D eigenvalue weighted by Crippen LogP contribution is 2.21. The van der Waals surface area contributed by atoms with Gasteiger partial charge in [-0.25, -0.2) is 0 Å². The van der Waals surface area contributed by atoms with Gasteiger partial charge in [-0.3, -0.25) is 4.90 Å². The summed E-state index contributed by atoms with van der Waals surface area (Å²) in [6.45, 7) is 7.77. The molecule has 1 saturated heterocycles. The van der Waals surface area contributed by atoms with Crippen molar-refractivity contribution in [2.75, 3.05) is 26.2 Å². The lowest BCUT2D eigenvalue weighted by atomic mass is 10.2. The quantitative estimate of drug-likeness (QED) is 0.852. The lowest BCUT2D eigenvalue weighted by Crippen LogP contribution is -2.39. The van der Waals surface area contributed by atoms with Gasteiger partial charge in [-0.1, -0.05) is 19.0 Å². The van der Waals surface area contributed by atoms with Crippen LogP contribution in [0.3, 0.4) is 0 Å². The number of hydrogen-bond acceptors (Lipinski definition) is 6. The number of hydrogen-bond donors (Lipinski definition) is 1. The second-order valence-corrected chi connectivity index (χ2v) is 4.67. The van der Waals surface area contributed by atoms with E-state index in [1.54, 1.807) is 0 Å². The van der Waals surface area contributed by atoms with Crippen LogP contribution in [-0.4, -0.2) is 41.3 Å². The van der Waals surface area contributed by atoms with E-state index in [0.29, 0.717) is 18.3 Å². The Bertz CT molecular complexity index is 367. The average Bonchev–Trinajstić information content (AvgIpc) is 2.88. The van der Waals surface area contributed by atoms with Crippen LogP contribution in [-0.2, 0) is 4.74 Å². The van der Waals surface area contributed by atoms with Gasteiger partial charge in [0.15, 0.2) is 0 Å². The summed E-state index contributed by atoms with van der Waals surface area (Å²) in [5.41, 5.74) is 5.86. The zero-order chi connectivity index (χ0) is 13.0. The van der Waals surface area contributed by atoms with Gasteiger partial charge in [-0.05, 0) is 19.4 Å². The number of aromatic nitrogens is 2. The zero-order valence-electron chi connectivity index (χ0n) is 11.1. The molecule has 2 atom stereocenters. The number of rotatable bonds is 5. The second-order valence-electron chi connectivity index (χ2n) is 4.67. The Morgan fingerprint density at radius 3 is 3.06 bits per heavy atom. The maximum Gasteiger partial charge on any atom is 0.243 e. The van der Waals surface area contributed by atoms with Crippen molar-refractivity contribution >= 4 is 0 Å². The standard InChI is InChI=1S/C12H22N4O2/c1-3-5-16-6-7-17-10(8-16)11-14-12(18-15-11)9(13)4-2/h9-10H,3-8,13H2,1-2H3. The van der Waals surface area contributed by atoms with Crippen molar-refractivity contribution in [1.82, 2.24) is 15.0 Å². The highest BCUT2D eigenvalue weighted by Gasteiger charge is 2.26. The topological polar surface area (TPSA) is 77.4 Å². The first-order chi connectivity index (χ1) is 8.74. The van der Waals surface area contributed by atoms with Crippen LogP contribution in [0.4, 0.5) is 0 Å². The molecule has 0 spiro atoms. The van der Waals surface area contributed by atoms with Crippen molar-refractivity contribution in [1.29, 1.82) is 0 Å². The van der Waals surface area contributed by atoms with Gasteiger partial charge in [0, 0.05) is 13.1 Å². The maximum absolute atomic E-state index is 5.86. The van der Waals surface area contributed by atoms with Crippen LogP contribution in [0, 0.1) is 0 Å². The van der Waals surface area contributed by atoms with E-state index in [1.807, 2.05) is 6.92 Å². The van der Waals surface area contributed by atoms with E-state index in [2.05, 4.69) is 22.0 Å². The lowest BCUT2D eigenvalue weighted by Gasteiger charge is -2.30. The highest BCUT2D eigenvalue weighted by atomic mass is 16.5. The summed E-state index contributed by atoms with van der Waals surface area (Å²) in [5.74, 6) is 1.12.